The second-order valence-electron chi connectivity index (χ2n) is 6.43. The van der Waals surface area contributed by atoms with Gasteiger partial charge in [-0.3, -0.25) is 0 Å². The second-order valence-corrected chi connectivity index (χ2v) is 7.99. The maximum atomic E-state index is 5.72. The number of rotatable bonds is 14. The second kappa shape index (κ2) is 15.1. The lowest BCUT2D eigenvalue weighted by atomic mass is 10.4. The van der Waals surface area contributed by atoms with Crippen LogP contribution in [0.15, 0.2) is 35.2 Å². The molecule has 0 fully saturated rings. The molecule has 0 amide bonds. The van der Waals surface area contributed by atoms with E-state index < -0.39 is 0 Å². The maximum absolute atomic E-state index is 5.72. The highest BCUT2D eigenvalue weighted by molar-refractivity contribution is 7.99. The van der Waals surface area contributed by atoms with Crippen LogP contribution in [-0.4, -0.2) is 84.5 Å². The van der Waals surface area contributed by atoms with Crippen LogP contribution in [0.3, 0.4) is 0 Å². The molecule has 0 aliphatic carbocycles. The third-order valence-electron chi connectivity index (χ3n) is 4.84. The third-order valence-corrected chi connectivity index (χ3v) is 6.23. The smallest absolute Gasteiger partial charge is 0.169 e. The summed E-state index contributed by atoms with van der Waals surface area (Å²) in [5.74, 6) is 1.04. The first kappa shape index (κ1) is 24.2. The summed E-state index contributed by atoms with van der Waals surface area (Å²) in [6.45, 7) is 18.2. The highest BCUT2D eigenvalue weighted by atomic mass is 32.2. The number of thiocarbonyl (C=S) groups is 1. The quantitative estimate of drug-likeness (QED) is 0.371. The first-order valence-electron chi connectivity index (χ1n) is 10.3. The normalized spacial score (nSPS) is 11.2. The lowest BCUT2D eigenvalue weighted by Crippen LogP contribution is -2.46. The molecule has 1 aromatic rings. The number of thioether (sulfide) groups is 1. The van der Waals surface area contributed by atoms with Crippen molar-refractivity contribution in [1.82, 2.24) is 20.0 Å². The molecule has 6 heteroatoms. The van der Waals surface area contributed by atoms with Crippen molar-refractivity contribution in [2.75, 3.05) is 64.7 Å². The molecule has 0 aliphatic rings. The first-order chi connectivity index (χ1) is 13.1. The van der Waals surface area contributed by atoms with E-state index in [9.17, 15) is 0 Å². The largest absolute Gasteiger partial charge is 0.361 e. The zero-order valence-electron chi connectivity index (χ0n) is 17.6. The Balaban J connectivity index is 2.50. The van der Waals surface area contributed by atoms with Crippen molar-refractivity contribution in [3.63, 3.8) is 0 Å². The molecular weight excluding hydrogens is 372 g/mol. The van der Waals surface area contributed by atoms with Gasteiger partial charge in [0.25, 0.3) is 0 Å². The molecule has 27 heavy (non-hydrogen) atoms. The van der Waals surface area contributed by atoms with Gasteiger partial charge in [-0.05, 0) is 50.5 Å². The van der Waals surface area contributed by atoms with E-state index in [-0.39, 0.29) is 0 Å². The summed E-state index contributed by atoms with van der Waals surface area (Å²) >= 11 is 7.62. The van der Waals surface area contributed by atoms with Crippen molar-refractivity contribution in [3.05, 3.63) is 30.3 Å². The Bertz CT molecular complexity index is 490. The van der Waals surface area contributed by atoms with Gasteiger partial charge in [0.05, 0.1) is 0 Å². The number of hydrogen-bond donors (Lipinski definition) is 1. The van der Waals surface area contributed by atoms with Crippen LogP contribution in [0, 0.1) is 0 Å². The van der Waals surface area contributed by atoms with Gasteiger partial charge in [0.1, 0.15) is 0 Å². The summed E-state index contributed by atoms with van der Waals surface area (Å²) in [7, 11) is 0. The molecule has 0 heterocycles. The van der Waals surface area contributed by atoms with E-state index in [1.165, 1.54) is 4.90 Å². The minimum atomic E-state index is 0.892. The van der Waals surface area contributed by atoms with Crippen molar-refractivity contribution in [2.24, 2.45) is 0 Å². The van der Waals surface area contributed by atoms with Gasteiger partial charge in [-0.15, -0.1) is 11.8 Å². The zero-order valence-corrected chi connectivity index (χ0v) is 19.2. The average molecular weight is 411 g/mol. The van der Waals surface area contributed by atoms with Gasteiger partial charge in [-0.25, -0.2) is 0 Å². The zero-order chi connectivity index (χ0) is 19.9. The number of nitrogens with one attached hydrogen (secondary N) is 1. The van der Waals surface area contributed by atoms with Gasteiger partial charge in [-0.1, -0.05) is 45.9 Å². The Morgan fingerprint density at radius 3 is 2.04 bits per heavy atom. The molecule has 4 nitrogen and oxygen atoms in total. The topological polar surface area (TPSA) is 21.8 Å². The molecule has 0 saturated carbocycles. The van der Waals surface area contributed by atoms with Crippen LogP contribution < -0.4 is 5.32 Å². The van der Waals surface area contributed by atoms with Crippen LogP contribution in [0.5, 0.6) is 0 Å². The molecule has 0 radical (unpaired) electrons. The minimum Gasteiger partial charge on any atom is -0.361 e. The summed E-state index contributed by atoms with van der Waals surface area (Å²) < 4.78 is 0. The van der Waals surface area contributed by atoms with Gasteiger partial charge in [0.2, 0.25) is 0 Å². The van der Waals surface area contributed by atoms with E-state index in [0.29, 0.717) is 0 Å². The molecule has 0 saturated heterocycles. The van der Waals surface area contributed by atoms with Crippen LogP contribution in [0.1, 0.15) is 27.7 Å². The SMILES string of the molecule is CCN(CC)CCNC(=S)N(CCSc1ccccc1)CCN(CC)CC. The van der Waals surface area contributed by atoms with Crippen LogP contribution in [0.4, 0.5) is 0 Å². The Morgan fingerprint density at radius 1 is 0.852 bits per heavy atom. The van der Waals surface area contributed by atoms with E-state index in [0.717, 1.165) is 69.8 Å². The number of benzene rings is 1. The van der Waals surface area contributed by atoms with E-state index in [2.05, 4.69) is 78.0 Å². The van der Waals surface area contributed by atoms with E-state index in [1.54, 1.807) is 0 Å². The van der Waals surface area contributed by atoms with Crippen LogP contribution >= 0.6 is 24.0 Å². The average Bonchev–Trinajstić information content (AvgIpc) is 2.71. The lowest BCUT2D eigenvalue weighted by molar-refractivity contribution is 0.269. The van der Waals surface area contributed by atoms with Crippen LogP contribution in [0.2, 0.25) is 0 Å². The first-order valence-corrected chi connectivity index (χ1v) is 11.7. The number of likely N-dealkylation sites (N-methyl/N-ethyl adjacent to an activating group) is 2. The third kappa shape index (κ3) is 10.3. The van der Waals surface area contributed by atoms with Crippen molar-refractivity contribution in [3.8, 4) is 0 Å². The maximum Gasteiger partial charge on any atom is 0.169 e. The predicted octanol–water partition coefficient (Wildman–Crippen LogP) is 3.64. The summed E-state index contributed by atoms with van der Waals surface area (Å²) in [4.78, 5) is 8.53. The molecule has 0 atom stereocenters. The Morgan fingerprint density at radius 2 is 1.44 bits per heavy atom. The molecule has 0 unspecified atom stereocenters. The summed E-state index contributed by atoms with van der Waals surface area (Å²) in [5.41, 5.74) is 0. The standard InChI is InChI=1S/C21H38N4S2/c1-5-23(6-2)15-14-22-21(26)25(17-16-24(7-3)8-4)18-19-27-20-12-10-9-11-13-20/h9-13H,5-8,14-19H2,1-4H3,(H,22,26). The van der Waals surface area contributed by atoms with Gasteiger partial charge in [0, 0.05) is 43.4 Å². The van der Waals surface area contributed by atoms with E-state index >= 15 is 0 Å². The van der Waals surface area contributed by atoms with Crippen molar-refractivity contribution < 1.29 is 0 Å². The molecule has 154 valence electrons. The number of hydrogen-bond acceptors (Lipinski definition) is 4. The van der Waals surface area contributed by atoms with Crippen molar-refractivity contribution in [2.45, 2.75) is 32.6 Å². The van der Waals surface area contributed by atoms with Gasteiger partial charge >= 0.3 is 0 Å². The van der Waals surface area contributed by atoms with E-state index in [4.69, 9.17) is 12.2 Å². The Labute approximate surface area is 176 Å². The molecule has 0 spiro atoms. The summed E-state index contributed by atoms with van der Waals surface area (Å²) in [6, 6.07) is 10.6. The predicted molar refractivity (Wildman–Crippen MR) is 125 cm³/mol. The molecule has 1 N–H and O–H groups in total. The monoisotopic (exact) mass is 410 g/mol. The molecule has 1 rings (SSSR count). The highest BCUT2D eigenvalue weighted by Crippen LogP contribution is 2.16. The van der Waals surface area contributed by atoms with Gasteiger partial charge in [-0.2, -0.15) is 0 Å². The van der Waals surface area contributed by atoms with Crippen molar-refractivity contribution >= 4 is 29.1 Å². The lowest BCUT2D eigenvalue weighted by Gasteiger charge is -2.29. The molecular formula is C21H38N4S2. The van der Waals surface area contributed by atoms with Crippen LogP contribution in [-0.2, 0) is 0 Å². The van der Waals surface area contributed by atoms with E-state index in [1.807, 2.05) is 11.8 Å². The highest BCUT2D eigenvalue weighted by Gasteiger charge is 2.11. The number of nitrogens with zero attached hydrogens (tertiary/aromatic N) is 3. The van der Waals surface area contributed by atoms with Crippen LogP contribution in [0.25, 0.3) is 0 Å². The van der Waals surface area contributed by atoms with Crippen molar-refractivity contribution in [1.29, 1.82) is 0 Å². The van der Waals surface area contributed by atoms with Gasteiger partial charge < -0.3 is 20.0 Å². The van der Waals surface area contributed by atoms with Gasteiger partial charge in [0.15, 0.2) is 5.11 Å². The summed E-state index contributed by atoms with van der Waals surface area (Å²) in [5, 5.41) is 4.37. The summed E-state index contributed by atoms with van der Waals surface area (Å²) in [6.07, 6.45) is 0. The molecule has 1 aromatic carbocycles. The Kier molecular flexibility index (Phi) is 13.6. The fraction of sp³-hybridized carbons (Fsp3) is 0.667. The molecule has 0 bridgehead atoms. The fourth-order valence-corrected chi connectivity index (χ4v) is 4.06. The molecule has 0 aliphatic heterocycles. The minimum absolute atomic E-state index is 0.892. The molecule has 0 aromatic heterocycles. The fourth-order valence-electron chi connectivity index (χ4n) is 2.88. The Hall–Kier alpha value is -0.820.